The van der Waals surface area contributed by atoms with Gasteiger partial charge in [-0.1, -0.05) is 24.3 Å². The van der Waals surface area contributed by atoms with E-state index in [1.54, 1.807) is 0 Å². The fourth-order valence-electron chi connectivity index (χ4n) is 3.39. The lowest BCUT2D eigenvalue weighted by atomic mass is 10.1. The number of allylic oxidation sites excluding steroid dienone is 1. The summed E-state index contributed by atoms with van der Waals surface area (Å²) in [5, 5.41) is 5.97. The first-order valence-corrected chi connectivity index (χ1v) is 9.71. The highest BCUT2D eigenvalue weighted by molar-refractivity contribution is 5.82. The summed E-state index contributed by atoms with van der Waals surface area (Å²) in [6.45, 7) is 8.28. The number of carbonyl (C=O) groups excluding carboxylic acids is 2. The Morgan fingerprint density at radius 2 is 2.15 bits per heavy atom. The number of hydrogen-bond donors (Lipinski definition) is 2. The maximum atomic E-state index is 12.5. The van der Waals surface area contributed by atoms with Crippen LogP contribution < -0.4 is 15.4 Å². The van der Waals surface area contributed by atoms with Gasteiger partial charge in [0.2, 0.25) is 11.8 Å². The van der Waals surface area contributed by atoms with E-state index in [0.29, 0.717) is 39.1 Å². The quantitative estimate of drug-likeness (QED) is 0.652. The number of hydrogen-bond acceptors (Lipinski definition) is 4. The molecule has 1 heterocycles. The number of nitrogens with one attached hydrogen (secondary N) is 2. The van der Waals surface area contributed by atoms with Crippen LogP contribution in [0.4, 0.5) is 0 Å². The van der Waals surface area contributed by atoms with Crippen LogP contribution in [0.15, 0.2) is 36.4 Å². The summed E-state index contributed by atoms with van der Waals surface area (Å²) in [6.07, 6.45) is 4.69. The van der Waals surface area contributed by atoms with Crippen molar-refractivity contribution in [1.29, 1.82) is 0 Å². The Morgan fingerprint density at radius 3 is 2.85 bits per heavy atom. The van der Waals surface area contributed by atoms with Crippen LogP contribution in [0.25, 0.3) is 0 Å². The number of rotatable bonds is 9. The topological polar surface area (TPSA) is 70.7 Å². The minimum atomic E-state index is -0.243. The van der Waals surface area contributed by atoms with Crippen molar-refractivity contribution in [3.8, 4) is 5.75 Å². The number of ether oxygens (including phenoxy) is 1. The second-order valence-electron chi connectivity index (χ2n) is 6.69. The summed E-state index contributed by atoms with van der Waals surface area (Å²) in [6, 6.07) is 7.68. The van der Waals surface area contributed by atoms with Gasteiger partial charge in [-0.25, -0.2) is 0 Å². The lowest BCUT2D eigenvalue weighted by molar-refractivity contribution is -0.125. The van der Waals surface area contributed by atoms with Crippen molar-refractivity contribution >= 4 is 11.8 Å². The number of benzene rings is 1. The smallest absolute Gasteiger partial charge is 0.237 e. The molecular formula is C21H31N3O3. The van der Waals surface area contributed by atoms with Crippen molar-refractivity contribution < 1.29 is 14.3 Å². The Kier molecular flexibility index (Phi) is 8.33. The van der Waals surface area contributed by atoms with Gasteiger partial charge in [0.15, 0.2) is 0 Å². The van der Waals surface area contributed by atoms with Crippen molar-refractivity contribution in [2.75, 3.05) is 19.7 Å². The Morgan fingerprint density at radius 1 is 1.33 bits per heavy atom. The van der Waals surface area contributed by atoms with Crippen molar-refractivity contribution in [3.05, 3.63) is 42.0 Å². The molecule has 1 aromatic carbocycles. The standard InChI is InChI=1S/C21H31N3O3/c1-4-7-11-20(25)23-17-13-19(21(26)22-5-2)24(15-17)14-16-9-8-10-18(12-16)27-6-3/h4,7-10,12,17,19H,5-6,11,13-15H2,1-3H3,(H,22,26)(H,23,25)/b7-4+/t17-,19-/m0/s1. The molecule has 0 radical (unpaired) electrons. The number of carbonyl (C=O) groups is 2. The monoisotopic (exact) mass is 373 g/mol. The van der Waals surface area contributed by atoms with Crippen molar-refractivity contribution in [2.45, 2.75) is 52.2 Å². The van der Waals surface area contributed by atoms with Gasteiger partial charge in [0, 0.05) is 32.1 Å². The molecule has 0 saturated carbocycles. The van der Waals surface area contributed by atoms with Crippen molar-refractivity contribution in [1.82, 2.24) is 15.5 Å². The normalized spacial score (nSPS) is 20.0. The third-order valence-corrected chi connectivity index (χ3v) is 4.56. The first kappa shape index (κ1) is 21.0. The van der Waals surface area contributed by atoms with E-state index in [2.05, 4.69) is 15.5 Å². The average Bonchev–Trinajstić information content (AvgIpc) is 3.03. The van der Waals surface area contributed by atoms with E-state index in [0.717, 1.165) is 11.3 Å². The maximum Gasteiger partial charge on any atom is 0.237 e. The molecule has 0 aromatic heterocycles. The minimum Gasteiger partial charge on any atom is -0.494 e. The Balaban J connectivity index is 2.07. The largest absolute Gasteiger partial charge is 0.494 e. The summed E-state index contributed by atoms with van der Waals surface area (Å²) in [5.74, 6) is 0.844. The molecule has 0 aliphatic carbocycles. The van der Waals surface area contributed by atoms with Crippen LogP contribution in [-0.4, -0.2) is 48.5 Å². The molecule has 6 heteroatoms. The summed E-state index contributed by atoms with van der Waals surface area (Å²) in [4.78, 5) is 26.7. The molecule has 2 N–H and O–H groups in total. The second kappa shape index (κ2) is 10.7. The Bertz CT molecular complexity index is 660. The molecule has 1 saturated heterocycles. The lowest BCUT2D eigenvalue weighted by Crippen LogP contribution is -2.42. The summed E-state index contributed by atoms with van der Waals surface area (Å²) in [7, 11) is 0. The van der Waals surface area contributed by atoms with E-state index in [4.69, 9.17) is 4.74 Å². The second-order valence-corrected chi connectivity index (χ2v) is 6.69. The molecule has 2 rings (SSSR count). The minimum absolute atomic E-state index is 0.00653. The van der Waals surface area contributed by atoms with Crippen LogP contribution >= 0.6 is 0 Å². The highest BCUT2D eigenvalue weighted by Gasteiger charge is 2.37. The highest BCUT2D eigenvalue weighted by atomic mass is 16.5. The number of likely N-dealkylation sites (N-methyl/N-ethyl adjacent to an activating group) is 1. The SMILES string of the molecule is C/C=C/CC(=O)N[C@H]1C[C@@H](C(=O)NCC)N(Cc2cccc(OCC)c2)C1. The molecule has 27 heavy (non-hydrogen) atoms. The first-order valence-electron chi connectivity index (χ1n) is 9.71. The Labute approximate surface area is 162 Å². The third-order valence-electron chi connectivity index (χ3n) is 4.56. The molecule has 0 spiro atoms. The zero-order valence-electron chi connectivity index (χ0n) is 16.5. The van der Waals surface area contributed by atoms with Gasteiger partial charge < -0.3 is 15.4 Å². The third kappa shape index (κ3) is 6.40. The fraction of sp³-hybridized carbons (Fsp3) is 0.524. The molecule has 0 unspecified atom stereocenters. The molecule has 148 valence electrons. The van der Waals surface area contributed by atoms with E-state index < -0.39 is 0 Å². The lowest BCUT2D eigenvalue weighted by Gasteiger charge is -2.23. The Hall–Kier alpha value is -2.34. The molecule has 1 aliphatic heterocycles. The van der Waals surface area contributed by atoms with Crippen LogP contribution in [0.1, 0.15) is 39.2 Å². The van der Waals surface area contributed by atoms with Crippen LogP contribution in [0, 0.1) is 0 Å². The van der Waals surface area contributed by atoms with E-state index in [1.165, 1.54) is 0 Å². The van der Waals surface area contributed by atoms with E-state index in [1.807, 2.05) is 57.2 Å². The van der Waals surface area contributed by atoms with Crippen molar-refractivity contribution in [3.63, 3.8) is 0 Å². The van der Waals surface area contributed by atoms with Gasteiger partial charge in [0.25, 0.3) is 0 Å². The number of likely N-dealkylation sites (tertiary alicyclic amines) is 1. The number of amides is 2. The van der Waals surface area contributed by atoms with Crippen LogP contribution in [0.2, 0.25) is 0 Å². The van der Waals surface area contributed by atoms with Crippen molar-refractivity contribution in [2.24, 2.45) is 0 Å². The van der Waals surface area contributed by atoms with Gasteiger partial charge in [-0.2, -0.15) is 0 Å². The molecule has 1 fully saturated rings. The summed E-state index contributed by atoms with van der Waals surface area (Å²) < 4.78 is 5.57. The molecule has 1 aliphatic rings. The molecule has 0 bridgehead atoms. The first-order chi connectivity index (χ1) is 13.1. The highest BCUT2D eigenvalue weighted by Crippen LogP contribution is 2.23. The fourth-order valence-corrected chi connectivity index (χ4v) is 3.39. The van der Waals surface area contributed by atoms with Gasteiger partial charge in [0.1, 0.15) is 5.75 Å². The average molecular weight is 373 g/mol. The van der Waals surface area contributed by atoms with E-state index >= 15 is 0 Å². The van der Waals surface area contributed by atoms with Gasteiger partial charge in [-0.05, 0) is 44.9 Å². The van der Waals surface area contributed by atoms with Gasteiger partial charge in [-0.3, -0.25) is 14.5 Å². The van der Waals surface area contributed by atoms with E-state index in [-0.39, 0.29) is 23.9 Å². The zero-order valence-corrected chi connectivity index (χ0v) is 16.5. The molecule has 2 atom stereocenters. The predicted octanol–water partition coefficient (Wildman–Crippen LogP) is 2.25. The molecular weight excluding hydrogens is 342 g/mol. The molecule has 2 amide bonds. The van der Waals surface area contributed by atoms with Crippen LogP contribution in [0.5, 0.6) is 5.75 Å². The molecule has 1 aromatic rings. The number of nitrogens with zero attached hydrogens (tertiary/aromatic N) is 1. The van der Waals surface area contributed by atoms with Crippen LogP contribution in [0.3, 0.4) is 0 Å². The zero-order chi connectivity index (χ0) is 19.6. The summed E-state index contributed by atoms with van der Waals surface area (Å²) in [5.41, 5.74) is 1.09. The van der Waals surface area contributed by atoms with Gasteiger partial charge >= 0.3 is 0 Å². The van der Waals surface area contributed by atoms with Gasteiger partial charge in [-0.15, -0.1) is 0 Å². The predicted molar refractivity (Wildman–Crippen MR) is 106 cm³/mol. The summed E-state index contributed by atoms with van der Waals surface area (Å²) >= 11 is 0. The van der Waals surface area contributed by atoms with Gasteiger partial charge in [0.05, 0.1) is 12.6 Å². The van der Waals surface area contributed by atoms with Crippen LogP contribution in [-0.2, 0) is 16.1 Å². The molecule has 6 nitrogen and oxygen atoms in total. The maximum absolute atomic E-state index is 12.5. The van der Waals surface area contributed by atoms with E-state index in [9.17, 15) is 9.59 Å².